The summed E-state index contributed by atoms with van der Waals surface area (Å²) in [6.07, 6.45) is -1.45. The van der Waals surface area contributed by atoms with E-state index in [4.69, 9.17) is 15.2 Å². The molecule has 2 aliphatic rings. The van der Waals surface area contributed by atoms with Crippen LogP contribution in [0, 0.1) is 5.92 Å². The summed E-state index contributed by atoms with van der Waals surface area (Å²) in [5.41, 5.74) is 6.86. The van der Waals surface area contributed by atoms with E-state index in [0.717, 1.165) is 0 Å². The first-order chi connectivity index (χ1) is 14.2. The van der Waals surface area contributed by atoms with Gasteiger partial charge in [-0.15, -0.1) is 0 Å². The van der Waals surface area contributed by atoms with Gasteiger partial charge in [0.05, 0.1) is 18.1 Å². The number of β-lactam (4-membered cyclic amide) rings is 1. The van der Waals surface area contributed by atoms with E-state index >= 15 is 0 Å². The van der Waals surface area contributed by atoms with Crippen LogP contribution in [0.1, 0.15) is 31.4 Å². The molecule has 10 nitrogen and oxygen atoms in total. The number of primary amides is 1. The van der Waals surface area contributed by atoms with Crippen molar-refractivity contribution >= 4 is 29.5 Å². The monoisotopic (exact) mass is 418 g/mol. The number of carbonyl (C=O) groups excluding carboxylic acids is 4. The zero-order valence-electron chi connectivity index (χ0n) is 16.5. The standard InChI is InChI=1S/C20H22N2O8/c1-10(23)16-15-7-14(13-5-3-4-12(6-13)8-28-20(21)27)17(22(15)18(16)25)19(26)30-9-29-11(2)24/h3-6,10,15-16,23H,7-9H2,1-2H3,(H2,21,27)/t10-,15-,16-/m1/s1. The van der Waals surface area contributed by atoms with Crippen LogP contribution in [0.5, 0.6) is 0 Å². The Bertz CT molecular complexity index is 923. The lowest BCUT2D eigenvalue weighted by Gasteiger charge is -2.44. The number of benzene rings is 1. The molecule has 1 aromatic rings. The predicted molar refractivity (Wildman–Crippen MR) is 101 cm³/mol. The summed E-state index contributed by atoms with van der Waals surface area (Å²) in [7, 11) is 0. The SMILES string of the molecule is CC(=O)OCOC(=O)C1=C(c2cccc(COC(N)=O)c2)C[C@@H]2[C@@H]([C@@H](C)O)C(=O)N12. The van der Waals surface area contributed by atoms with Gasteiger partial charge in [-0.1, -0.05) is 18.2 Å². The number of fused-ring (bicyclic) bond motifs is 1. The van der Waals surface area contributed by atoms with Gasteiger partial charge >= 0.3 is 18.0 Å². The largest absolute Gasteiger partial charge is 0.445 e. The zero-order valence-corrected chi connectivity index (χ0v) is 16.5. The predicted octanol–water partition coefficient (Wildman–Crippen LogP) is 0.668. The third-order valence-corrected chi connectivity index (χ3v) is 5.03. The van der Waals surface area contributed by atoms with Gasteiger partial charge in [0.2, 0.25) is 12.7 Å². The molecule has 1 aromatic carbocycles. The van der Waals surface area contributed by atoms with Crippen molar-refractivity contribution < 1.29 is 38.5 Å². The van der Waals surface area contributed by atoms with Gasteiger partial charge in [-0.2, -0.15) is 0 Å². The summed E-state index contributed by atoms with van der Waals surface area (Å²) in [4.78, 5) is 48.4. The van der Waals surface area contributed by atoms with Gasteiger partial charge in [-0.05, 0) is 36.1 Å². The third-order valence-electron chi connectivity index (χ3n) is 5.03. The Morgan fingerprint density at radius 2 is 2.00 bits per heavy atom. The number of nitrogens with zero attached hydrogens (tertiary/aromatic N) is 1. The Morgan fingerprint density at radius 1 is 1.27 bits per heavy atom. The Hall–Kier alpha value is -3.40. The summed E-state index contributed by atoms with van der Waals surface area (Å²) in [5.74, 6) is -2.43. The maximum atomic E-state index is 12.7. The van der Waals surface area contributed by atoms with Crippen LogP contribution in [0.15, 0.2) is 30.0 Å². The number of aliphatic hydroxyl groups is 1. The lowest BCUT2D eigenvalue weighted by Crippen LogP contribution is -2.61. The molecule has 0 radical (unpaired) electrons. The van der Waals surface area contributed by atoms with Crippen molar-refractivity contribution in [2.24, 2.45) is 11.7 Å². The molecule has 0 aromatic heterocycles. The summed E-state index contributed by atoms with van der Waals surface area (Å²) >= 11 is 0. The van der Waals surface area contributed by atoms with E-state index < -0.39 is 36.8 Å². The van der Waals surface area contributed by atoms with E-state index in [-0.39, 0.29) is 24.3 Å². The number of hydrogen-bond donors (Lipinski definition) is 2. The first-order valence-electron chi connectivity index (χ1n) is 9.27. The van der Waals surface area contributed by atoms with Gasteiger partial charge in [0, 0.05) is 6.92 Å². The highest BCUT2D eigenvalue weighted by Crippen LogP contribution is 2.47. The molecule has 1 fully saturated rings. The molecule has 0 unspecified atom stereocenters. The van der Waals surface area contributed by atoms with Crippen LogP contribution in [0.25, 0.3) is 5.57 Å². The second-order valence-electron chi connectivity index (χ2n) is 7.07. The first-order valence-corrected chi connectivity index (χ1v) is 9.27. The van der Waals surface area contributed by atoms with Crippen LogP contribution in [-0.4, -0.2) is 52.9 Å². The number of aliphatic hydroxyl groups excluding tert-OH is 1. The Balaban J connectivity index is 1.92. The molecule has 3 N–H and O–H groups in total. The second-order valence-corrected chi connectivity index (χ2v) is 7.07. The number of carbonyl (C=O) groups is 4. The number of esters is 2. The quantitative estimate of drug-likeness (QED) is 0.373. The van der Waals surface area contributed by atoms with Crippen LogP contribution in [0.4, 0.5) is 4.79 Å². The van der Waals surface area contributed by atoms with Gasteiger partial charge in [-0.25, -0.2) is 9.59 Å². The molecule has 2 heterocycles. The smallest absolute Gasteiger partial charge is 0.404 e. The number of amides is 2. The average molecular weight is 418 g/mol. The summed E-state index contributed by atoms with van der Waals surface area (Å²) < 4.78 is 14.5. The van der Waals surface area contributed by atoms with Gasteiger partial charge in [-0.3, -0.25) is 9.59 Å². The maximum Gasteiger partial charge on any atom is 0.404 e. The van der Waals surface area contributed by atoms with Gasteiger partial charge in [0.1, 0.15) is 12.3 Å². The molecule has 10 heteroatoms. The second kappa shape index (κ2) is 8.54. The topological polar surface area (TPSA) is 145 Å². The van der Waals surface area contributed by atoms with Gasteiger partial charge < -0.3 is 30.0 Å². The molecular weight excluding hydrogens is 396 g/mol. The average Bonchev–Trinajstić information content (AvgIpc) is 3.01. The summed E-state index contributed by atoms with van der Waals surface area (Å²) in [6.45, 7) is 2.07. The lowest BCUT2D eigenvalue weighted by atomic mass is 9.82. The van der Waals surface area contributed by atoms with E-state index in [1.54, 1.807) is 24.3 Å². The fourth-order valence-electron chi connectivity index (χ4n) is 3.75. The van der Waals surface area contributed by atoms with E-state index in [0.29, 0.717) is 23.1 Å². The molecule has 3 atom stereocenters. The Kier molecular flexibility index (Phi) is 6.06. The van der Waals surface area contributed by atoms with Crippen molar-refractivity contribution in [1.29, 1.82) is 0 Å². The number of hydrogen-bond acceptors (Lipinski definition) is 8. The van der Waals surface area contributed by atoms with Crippen molar-refractivity contribution in [2.45, 2.75) is 39.0 Å². The molecule has 0 bridgehead atoms. The minimum atomic E-state index is -0.912. The fourth-order valence-corrected chi connectivity index (χ4v) is 3.75. The lowest BCUT2D eigenvalue weighted by molar-refractivity contribution is -0.170. The highest BCUT2D eigenvalue weighted by atomic mass is 16.7. The normalized spacial score (nSPS) is 20.9. The molecule has 160 valence electrons. The molecule has 1 saturated heterocycles. The highest BCUT2D eigenvalue weighted by molar-refractivity contribution is 6.06. The molecule has 2 aliphatic heterocycles. The Labute approximate surface area is 172 Å². The molecule has 2 amide bonds. The fraction of sp³-hybridized carbons (Fsp3) is 0.400. The minimum absolute atomic E-state index is 0.0435. The van der Waals surface area contributed by atoms with E-state index in [2.05, 4.69) is 4.74 Å². The van der Waals surface area contributed by atoms with Crippen LogP contribution in [0.3, 0.4) is 0 Å². The number of ether oxygens (including phenoxy) is 3. The van der Waals surface area contributed by atoms with Crippen molar-refractivity contribution in [3.05, 3.63) is 41.1 Å². The molecule has 3 rings (SSSR count). The summed E-state index contributed by atoms with van der Waals surface area (Å²) in [6, 6.07) is 6.52. The van der Waals surface area contributed by atoms with E-state index in [1.807, 2.05) is 0 Å². The third kappa shape index (κ3) is 4.13. The molecule has 0 aliphatic carbocycles. The summed E-state index contributed by atoms with van der Waals surface area (Å²) in [5, 5.41) is 9.94. The maximum absolute atomic E-state index is 12.7. The van der Waals surface area contributed by atoms with E-state index in [1.165, 1.54) is 18.7 Å². The zero-order chi connectivity index (χ0) is 22.0. The number of nitrogens with two attached hydrogens (primary N) is 1. The van der Waals surface area contributed by atoms with Crippen molar-refractivity contribution in [3.8, 4) is 0 Å². The molecule has 0 saturated carbocycles. The number of rotatable bonds is 7. The van der Waals surface area contributed by atoms with E-state index in [9.17, 15) is 24.3 Å². The van der Waals surface area contributed by atoms with Crippen molar-refractivity contribution in [3.63, 3.8) is 0 Å². The molecule has 30 heavy (non-hydrogen) atoms. The van der Waals surface area contributed by atoms with Gasteiger partial charge in [0.15, 0.2) is 0 Å². The highest BCUT2D eigenvalue weighted by Gasteiger charge is 2.57. The van der Waals surface area contributed by atoms with Crippen molar-refractivity contribution in [1.82, 2.24) is 4.90 Å². The van der Waals surface area contributed by atoms with Crippen LogP contribution < -0.4 is 5.73 Å². The van der Waals surface area contributed by atoms with Crippen molar-refractivity contribution in [2.75, 3.05) is 6.79 Å². The van der Waals surface area contributed by atoms with Crippen LogP contribution >= 0.6 is 0 Å². The van der Waals surface area contributed by atoms with Crippen LogP contribution in [0.2, 0.25) is 0 Å². The first kappa shape index (κ1) is 21.3. The molecule has 0 spiro atoms. The minimum Gasteiger partial charge on any atom is -0.445 e. The Morgan fingerprint density at radius 3 is 2.63 bits per heavy atom. The van der Waals surface area contributed by atoms with Gasteiger partial charge in [0.25, 0.3) is 0 Å². The molecular formula is C20H22N2O8. The van der Waals surface area contributed by atoms with Crippen LogP contribution in [-0.2, 0) is 35.2 Å².